The quantitative estimate of drug-likeness (QED) is 0.800. The zero-order chi connectivity index (χ0) is 15.0. The summed E-state index contributed by atoms with van der Waals surface area (Å²) in [4.78, 5) is 14.6. The third-order valence-electron chi connectivity index (χ3n) is 3.78. The molecule has 1 aromatic carbocycles. The molecule has 0 aliphatic rings. The first-order chi connectivity index (χ1) is 9.63. The van der Waals surface area contributed by atoms with Gasteiger partial charge in [0.05, 0.1) is 0 Å². The number of rotatable bonds is 8. The highest BCUT2D eigenvalue weighted by Gasteiger charge is 2.24. The number of hydrogen-bond donors (Lipinski definition) is 1. The lowest BCUT2D eigenvalue weighted by molar-refractivity contribution is -0.137. The Balaban J connectivity index is 0.00000400. The van der Waals surface area contributed by atoms with Crippen LogP contribution >= 0.6 is 12.4 Å². The molecule has 0 heterocycles. The van der Waals surface area contributed by atoms with E-state index in [2.05, 4.69) is 43.4 Å². The van der Waals surface area contributed by atoms with Gasteiger partial charge < -0.3 is 10.2 Å². The van der Waals surface area contributed by atoms with Gasteiger partial charge in [0.15, 0.2) is 0 Å². The molecule has 0 aromatic heterocycles. The SMILES string of the molecule is CCC(Cc1ccccc1)N(CC)C(=O)C(C)CNC.Cl. The Morgan fingerprint density at radius 1 is 1.24 bits per heavy atom. The Morgan fingerprint density at radius 3 is 2.33 bits per heavy atom. The molecule has 0 saturated heterocycles. The average Bonchev–Trinajstić information content (AvgIpc) is 2.48. The molecular formula is C17H29ClN2O. The molecule has 0 saturated carbocycles. The Morgan fingerprint density at radius 2 is 1.86 bits per heavy atom. The number of benzene rings is 1. The smallest absolute Gasteiger partial charge is 0.226 e. The van der Waals surface area contributed by atoms with E-state index >= 15 is 0 Å². The minimum atomic E-state index is 0. The Hall–Kier alpha value is -1.06. The van der Waals surface area contributed by atoms with E-state index in [-0.39, 0.29) is 30.3 Å². The molecule has 120 valence electrons. The summed E-state index contributed by atoms with van der Waals surface area (Å²) in [7, 11) is 1.89. The van der Waals surface area contributed by atoms with Gasteiger partial charge in [0, 0.05) is 25.0 Å². The maximum absolute atomic E-state index is 12.5. The van der Waals surface area contributed by atoms with Gasteiger partial charge in [-0.2, -0.15) is 0 Å². The molecule has 21 heavy (non-hydrogen) atoms. The molecule has 0 radical (unpaired) electrons. The summed E-state index contributed by atoms with van der Waals surface area (Å²) in [5.74, 6) is 0.286. The van der Waals surface area contributed by atoms with E-state index in [0.717, 1.165) is 25.9 Å². The van der Waals surface area contributed by atoms with Crippen LogP contribution < -0.4 is 5.32 Å². The molecule has 1 aromatic rings. The van der Waals surface area contributed by atoms with Crippen molar-refractivity contribution >= 4 is 18.3 Å². The fraction of sp³-hybridized carbons (Fsp3) is 0.588. The molecule has 0 fully saturated rings. The summed E-state index contributed by atoms with van der Waals surface area (Å²) in [6, 6.07) is 10.7. The Kier molecular flexibility index (Phi) is 10.1. The van der Waals surface area contributed by atoms with Gasteiger partial charge >= 0.3 is 0 Å². The fourth-order valence-electron chi connectivity index (χ4n) is 2.63. The maximum atomic E-state index is 12.5. The van der Waals surface area contributed by atoms with Gasteiger partial charge in [0.25, 0.3) is 0 Å². The molecule has 4 heteroatoms. The van der Waals surface area contributed by atoms with Crippen LogP contribution in [0.5, 0.6) is 0 Å². The van der Waals surface area contributed by atoms with Gasteiger partial charge in [-0.25, -0.2) is 0 Å². The highest BCUT2D eigenvalue weighted by atomic mass is 35.5. The fourth-order valence-corrected chi connectivity index (χ4v) is 2.63. The van der Waals surface area contributed by atoms with Gasteiger partial charge in [0.1, 0.15) is 0 Å². The largest absolute Gasteiger partial charge is 0.339 e. The third-order valence-corrected chi connectivity index (χ3v) is 3.78. The number of carbonyl (C=O) groups excluding carboxylic acids is 1. The van der Waals surface area contributed by atoms with E-state index in [1.54, 1.807) is 0 Å². The summed E-state index contributed by atoms with van der Waals surface area (Å²) in [6.45, 7) is 7.73. The van der Waals surface area contributed by atoms with E-state index in [1.165, 1.54) is 5.56 Å². The second-order valence-electron chi connectivity index (χ2n) is 5.33. The van der Waals surface area contributed by atoms with Crippen LogP contribution in [-0.2, 0) is 11.2 Å². The van der Waals surface area contributed by atoms with Crippen LogP contribution in [0.2, 0.25) is 0 Å². The van der Waals surface area contributed by atoms with E-state index in [9.17, 15) is 4.79 Å². The van der Waals surface area contributed by atoms with Crippen molar-refractivity contribution < 1.29 is 4.79 Å². The van der Waals surface area contributed by atoms with Crippen LogP contribution in [0.3, 0.4) is 0 Å². The van der Waals surface area contributed by atoms with Crippen molar-refractivity contribution in [1.29, 1.82) is 0 Å². The van der Waals surface area contributed by atoms with Crippen LogP contribution in [0.25, 0.3) is 0 Å². The minimum absolute atomic E-state index is 0. The highest BCUT2D eigenvalue weighted by molar-refractivity contribution is 5.85. The topological polar surface area (TPSA) is 32.3 Å². The lowest BCUT2D eigenvalue weighted by atomic mass is 10.0. The lowest BCUT2D eigenvalue weighted by Crippen LogP contribution is -2.45. The van der Waals surface area contributed by atoms with Crippen molar-refractivity contribution in [1.82, 2.24) is 10.2 Å². The van der Waals surface area contributed by atoms with E-state index < -0.39 is 0 Å². The average molecular weight is 313 g/mol. The van der Waals surface area contributed by atoms with Crippen molar-refractivity contribution in [2.24, 2.45) is 5.92 Å². The van der Waals surface area contributed by atoms with E-state index in [1.807, 2.05) is 24.9 Å². The van der Waals surface area contributed by atoms with Gasteiger partial charge in [0.2, 0.25) is 5.91 Å². The van der Waals surface area contributed by atoms with E-state index in [0.29, 0.717) is 0 Å². The molecule has 0 spiro atoms. The number of carbonyl (C=O) groups is 1. The molecule has 2 unspecified atom stereocenters. The molecule has 3 nitrogen and oxygen atoms in total. The number of halogens is 1. The molecule has 2 atom stereocenters. The molecule has 0 aliphatic heterocycles. The van der Waals surface area contributed by atoms with Crippen molar-refractivity contribution in [3.8, 4) is 0 Å². The normalized spacial score (nSPS) is 13.1. The predicted octanol–water partition coefficient (Wildman–Crippen LogP) is 3.13. The van der Waals surface area contributed by atoms with Crippen LogP contribution in [0.15, 0.2) is 30.3 Å². The molecule has 1 rings (SSSR count). The standard InChI is InChI=1S/C17H28N2O.ClH/c1-5-16(12-15-10-8-7-9-11-15)19(6-2)17(20)14(3)13-18-4;/h7-11,14,16,18H,5-6,12-13H2,1-4H3;1H. The number of amides is 1. The van der Waals surface area contributed by atoms with Crippen molar-refractivity contribution in [2.75, 3.05) is 20.1 Å². The van der Waals surface area contributed by atoms with E-state index in [4.69, 9.17) is 0 Å². The zero-order valence-electron chi connectivity index (χ0n) is 13.6. The number of nitrogens with zero attached hydrogens (tertiary/aromatic N) is 1. The predicted molar refractivity (Wildman–Crippen MR) is 92.0 cm³/mol. The molecule has 0 aliphatic carbocycles. The van der Waals surface area contributed by atoms with Gasteiger partial charge in [-0.3, -0.25) is 4.79 Å². The monoisotopic (exact) mass is 312 g/mol. The second-order valence-corrected chi connectivity index (χ2v) is 5.33. The zero-order valence-corrected chi connectivity index (χ0v) is 14.5. The third kappa shape index (κ3) is 6.06. The summed E-state index contributed by atoms with van der Waals surface area (Å²) < 4.78 is 0. The molecule has 1 amide bonds. The number of likely N-dealkylation sites (N-methyl/N-ethyl adjacent to an activating group) is 1. The Bertz CT molecular complexity index is 397. The highest BCUT2D eigenvalue weighted by Crippen LogP contribution is 2.15. The lowest BCUT2D eigenvalue weighted by Gasteiger charge is -2.32. The Labute approximate surface area is 135 Å². The van der Waals surface area contributed by atoms with Crippen LogP contribution in [0.4, 0.5) is 0 Å². The van der Waals surface area contributed by atoms with Gasteiger partial charge in [-0.1, -0.05) is 44.2 Å². The van der Waals surface area contributed by atoms with Crippen molar-refractivity contribution in [3.05, 3.63) is 35.9 Å². The van der Waals surface area contributed by atoms with Crippen LogP contribution in [0.1, 0.15) is 32.8 Å². The number of hydrogen-bond acceptors (Lipinski definition) is 2. The van der Waals surface area contributed by atoms with Crippen molar-refractivity contribution in [3.63, 3.8) is 0 Å². The van der Waals surface area contributed by atoms with Gasteiger partial charge in [-0.15, -0.1) is 12.4 Å². The first kappa shape index (κ1) is 19.9. The van der Waals surface area contributed by atoms with Crippen molar-refractivity contribution in [2.45, 2.75) is 39.7 Å². The van der Waals surface area contributed by atoms with Crippen LogP contribution in [0, 0.1) is 5.92 Å². The van der Waals surface area contributed by atoms with Crippen LogP contribution in [-0.4, -0.2) is 37.0 Å². The summed E-state index contributed by atoms with van der Waals surface area (Å²) in [5.41, 5.74) is 1.30. The molecular weight excluding hydrogens is 284 g/mol. The molecule has 0 bridgehead atoms. The first-order valence-corrected chi connectivity index (χ1v) is 7.62. The summed E-state index contributed by atoms with van der Waals surface area (Å²) >= 11 is 0. The number of nitrogens with one attached hydrogen (secondary N) is 1. The summed E-state index contributed by atoms with van der Waals surface area (Å²) in [6.07, 6.45) is 1.92. The minimum Gasteiger partial charge on any atom is -0.339 e. The van der Waals surface area contributed by atoms with Gasteiger partial charge in [-0.05, 0) is 32.4 Å². The first-order valence-electron chi connectivity index (χ1n) is 7.62. The second kappa shape index (κ2) is 10.6. The summed E-state index contributed by atoms with van der Waals surface area (Å²) in [5, 5.41) is 3.09. The molecule has 1 N–H and O–H groups in total. The maximum Gasteiger partial charge on any atom is 0.226 e.